The van der Waals surface area contributed by atoms with E-state index in [0.29, 0.717) is 0 Å². The van der Waals surface area contributed by atoms with E-state index < -0.39 is 0 Å². The molecule has 2 heterocycles. The molecule has 2 aliphatic heterocycles. The van der Waals surface area contributed by atoms with Crippen LogP contribution in [0.15, 0.2) is 0 Å². The summed E-state index contributed by atoms with van der Waals surface area (Å²) in [5.41, 5.74) is 0. The Morgan fingerprint density at radius 2 is 2.08 bits per heavy atom. The number of rotatable bonds is 2. The first-order valence-electron chi connectivity index (χ1n) is 5.78. The second-order valence-electron chi connectivity index (χ2n) is 5.27. The monoisotopic (exact) mass is 180 g/mol. The van der Waals surface area contributed by atoms with Crippen molar-refractivity contribution >= 4 is 0 Å². The van der Waals surface area contributed by atoms with Crippen LogP contribution in [0.4, 0.5) is 0 Å². The summed E-state index contributed by atoms with van der Waals surface area (Å²) in [5.74, 6) is 3.13. The zero-order chi connectivity index (χ0) is 8.84. The van der Waals surface area contributed by atoms with Gasteiger partial charge in [-0.15, -0.1) is 0 Å². The van der Waals surface area contributed by atoms with Crippen molar-refractivity contribution in [2.75, 3.05) is 26.2 Å². The predicted octanol–water partition coefficient (Wildman–Crippen LogP) is 0.936. The van der Waals surface area contributed by atoms with Gasteiger partial charge in [-0.1, -0.05) is 0 Å². The zero-order valence-electron chi connectivity index (χ0n) is 8.50. The van der Waals surface area contributed by atoms with Gasteiger partial charge in [0.1, 0.15) is 0 Å². The molecule has 0 aromatic heterocycles. The largest absolute Gasteiger partial charge is 0.314 e. The smallest absolute Gasteiger partial charge is 0.00796 e. The average Bonchev–Trinajstić information content (AvgIpc) is 2.55. The molecular formula is C11H20N2. The molecule has 0 bridgehead atoms. The number of likely N-dealkylation sites (tertiary alicyclic amines) is 1. The Balaban J connectivity index is 1.51. The van der Waals surface area contributed by atoms with E-state index in [1.165, 1.54) is 39.0 Å². The highest BCUT2D eigenvalue weighted by Gasteiger charge is 2.45. The molecule has 13 heavy (non-hydrogen) atoms. The van der Waals surface area contributed by atoms with Crippen LogP contribution >= 0.6 is 0 Å². The van der Waals surface area contributed by atoms with Crippen LogP contribution in [0.3, 0.4) is 0 Å². The lowest BCUT2D eigenvalue weighted by atomic mass is 10.0. The van der Waals surface area contributed by atoms with Crippen LogP contribution in [0.5, 0.6) is 0 Å². The van der Waals surface area contributed by atoms with Crippen molar-refractivity contribution in [3.05, 3.63) is 0 Å². The standard InChI is InChI=1S/C11H20N2/c1-8-9(2-3-12-8)5-13-6-10-4-11(10)7-13/h8-12H,2-7H2,1H3. The first kappa shape index (κ1) is 8.25. The van der Waals surface area contributed by atoms with Crippen LogP contribution in [-0.4, -0.2) is 37.1 Å². The summed E-state index contributed by atoms with van der Waals surface area (Å²) in [6.45, 7) is 7.77. The van der Waals surface area contributed by atoms with Crippen molar-refractivity contribution in [1.82, 2.24) is 10.2 Å². The van der Waals surface area contributed by atoms with Gasteiger partial charge >= 0.3 is 0 Å². The average molecular weight is 180 g/mol. The van der Waals surface area contributed by atoms with E-state index in [1.807, 2.05) is 0 Å². The van der Waals surface area contributed by atoms with Crippen LogP contribution in [0.2, 0.25) is 0 Å². The van der Waals surface area contributed by atoms with Crippen molar-refractivity contribution in [3.8, 4) is 0 Å². The molecule has 0 amide bonds. The summed E-state index contributed by atoms with van der Waals surface area (Å²) in [7, 11) is 0. The fourth-order valence-corrected chi connectivity index (χ4v) is 3.14. The molecule has 1 aliphatic carbocycles. The Kier molecular flexibility index (Phi) is 1.88. The Morgan fingerprint density at radius 1 is 1.31 bits per heavy atom. The fourth-order valence-electron chi connectivity index (χ4n) is 3.14. The van der Waals surface area contributed by atoms with Crippen molar-refractivity contribution in [2.45, 2.75) is 25.8 Å². The summed E-state index contributed by atoms with van der Waals surface area (Å²) >= 11 is 0. The predicted molar refractivity (Wildman–Crippen MR) is 53.6 cm³/mol. The van der Waals surface area contributed by atoms with Gasteiger partial charge in [0.05, 0.1) is 0 Å². The third-order valence-corrected chi connectivity index (χ3v) is 4.24. The van der Waals surface area contributed by atoms with Gasteiger partial charge < -0.3 is 10.2 Å². The van der Waals surface area contributed by atoms with Crippen molar-refractivity contribution in [2.24, 2.45) is 17.8 Å². The van der Waals surface area contributed by atoms with Crippen molar-refractivity contribution < 1.29 is 0 Å². The molecule has 0 spiro atoms. The second-order valence-corrected chi connectivity index (χ2v) is 5.27. The highest BCUT2D eigenvalue weighted by atomic mass is 15.2. The van der Waals surface area contributed by atoms with E-state index in [1.54, 1.807) is 0 Å². The molecular weight excluding hydrogens is 160 g/mol. The van der Waals surface area contributed by atoms with Gasteiger partial charge in [-0.2, -0.15) is 0 Å². The van der Waals surface area contributed by atoms with Gasteiger partial charge in [0.25, 0.3) is 0 Å². The Bertz CT molecular complexity index is 194. The van der Waals surface area contributed by atoms with Gasteiger partial charge in [0.2, 0.25) is 0 Å². The molecule has 3 rings (SSSR count). The van der Waals surface area contributed by atoms with Crippen LogP contribution in [0.25, 0.3) is 0 Å². The Morgan fingerprint density at radius 3 is 2.69 bits per heavy atom. The van der Waals surface area contributed by atoms with Gasteiger partial charge in [0, 0.05) is 25.7 Å². The molecule has 1 saturated carbocycles. The van der Waals surface area contributed by atoms with E-state index >= 15 is 0 Å². The third-order valence-electron chi connectivity index (χ3n) is 4.24. The van der Waals surface area contributed by atoms with Gasteiger partial charge in [-0.3, -0.25) is 0 Å². The lowest BCUT2D eigenvalue weighted by molar-refractivity contribution is 0.245. The highest BCUT2D eigenvalue weighted by Crippen LogP contribution is 2.45. The van der Waals surface area contributed by atoms with Crippen LogP contribution < -0.4 is 5.32 Å². The summed E-state index contributed by atoms with van der Waals surface area (Å²) in [5, 5.41) is 3.54. The minimum absolute atomic E-state index is 0.761. The van der Waals surface area contributed by atoms with E-state index in [0.717, 1.165) is 23.8 Å². The SMILES string of the molecule is CC1NCCC1CN1CC2CC2C1. The number of piperidine rings is 1. The minimum Gasteiger partial charge on any atom is -0.314 e. The number of nitrogens with one attached hydrogen (secondary N) is 1. The molecule has 0 aromatic carbocycles. The number of hydrogen-bond acceptors (Lipinski definition) is 2. The summed E-state index contributed by atoms with van der Waals surface area (Å²) in [6, 6.07) is 0.761. The van der Waals surface area contributed by atoms with Gasteiger partial charge in [-0.25, -0.2) is 0 Å². The molecule has 2 saturated heterocycles. The summed E-state index contributed by atoms with van der Waals surface area (Å²) in [6.07, 6.45) is 2.93. The maximum Gasteiger partial charge on any atom is 0.00796 e. The quantitative estimate of drug-likeness (QED) is 0.680. The lowest BCUT2D eigenvalue weighted by Crippen LogP contribution is -2.34. The molecule has 3 fully saturated rings. The number of nitrogens with zero attached hydrogens (tertiary/aromatic N) is 1. The van der Waals surface area contributed by atoms with Crippen molar-refractivity contribution in [3.63, 3.8) is 0 Å². The topological polar surface area (TPSA) is 15.3 Å². The van der Waals surface area contributed by atoms with Crippen molar-refractivity contribution in [1.29, 1.82) is 0 Å². The fraction of sp³-hybridized carbons (Fsp3) is 1.00. The summed E-state index contributed by atoms with van der Waals surface area (Å²) < 4.78 is 0. The van der Waals surface area contributed by atoms with Crippen LogP contribution in [-0.2, 0) is 0 Å². The van der Waals surface area contributed by atoms with E-state index in [2.05, 4.69) is 17.1 Å². The molecule has 74 valence electrons. The van der Waals surface area contributed by atoms with Gasteiger partial charge in [0.15, 0.2) is 0 Å². The number of hydrogen-bond donors (Lipinski definition) is 1. The molecule has 2 nitrogen and oxygen atoms in total. The highest BCUT2D eigenvalue weighted by molar-refractivity contribution is 4.98. The maximum atomic E-state index is 3.54. The van der Waals surface area contributed by atoms with E-state index in [-0.39, 0.29) is 0 Å². The lowest BCUT2D eigenvalue weighted by Gasteiger charge is -2.23. The molecule has 4 unspecified atom stereocenters. The zero-order valence-corrected chi connectivity index (χ0v) is 8.50. The normalized spacial score (nSPS) is 49.6. The molecule has 0 aromatic rings. The molecule has 0 radical (unpaired) electrons. The molecule has 3 aliphatic rings. The van der Waals surface area contributed by atoms with Gasteiger partial charge in [-0.05, 0) is 44.1 Å². The minimum atomic E-state index is 0.761. The van der Waals surface area contributed by atoms with E-state index in [4.69, 9.17) is 0 Å². The first-order chi connectivity index (χ1) is 6.33. The Labute approximate surface area is 80.7 Å². The summed E-state index contributed by atoms with van der Waals surface area (Å²) in [4.78, 5) is 2.70. The number of fused-ring (bicyclic) bond motifs is 1. The van der Waals surface area contributed by atoms with Crippen LogP contribution in [0, 0.1) is 17.8 Å². The second kappa shape index (κ2) is 2.96. The third kappa shape index (κ3) is 1.50. The Hall–Kier alpha value is -0.0800. The molecule has 1 N–H and O–H groups in total. The first-order valence-corrected chi connectivity index (χ1v) is 5.78. The van der Waals surface area contributed by atoms with Crippen LogP contribution in [0.1, 0.15) is 19.8 Å². The molecule has 2 heteroatoms. The van der Waals surface area contributed by atoms with E-state index in [9.17, 15) is 0 Å². The molecule has 4 atom stereocenters. The maximum absolute atomic E-state index is 3.54.